The number of rotatable bonds is 2. The number of ether oxygens (including phenoxy) is 1. The predicted octanol–water partition coefficient (Wildman–Crippen LogP) is 4.27. The number of carbonyl (C=O) groups is 1. The number of aromatic nitrogens is 1. The van der Waals surface area contributed by atoms with Gasteiger partial charge in [0.25, 0.3) is 0 Å². The van der Waals surface area contributed by atoms with Crippen LogP contribution in [0.1, 0.15) is 48.3 Å². The SMILES string of the molecule is CC(C)OC(=O)c1cc2[nH]c3c(c2cc1Cl)CCCC3. The van der Waals surface area contributed by atoms with Crippen LogP contribution < -0.4 is 0 Å². The van der Waals surface area contributed by atoms with Gasteiger partial charge in [0.2, 0.25) is 0 Å². The Morgan fingerprint density at radius 1 is 1.30 bits per heavy atom. The third kappa shape index (κ3) is 2.31. The normalized spacial score (nSPS) is 14.6. The molecule has 3 nitrogen and oxygen atoms in total. The first-order valence-electron chi connectivity index (χ1n) is 7.10. The zero-order valence-corrected chi connectivity index (χ0v) is 12.5. The van der Waals surface area contributed by atoms with Crippen LogP contribution in [0.3, 0.4) is 0 Å². The van der Waals surface area contributed by atoms with Crippen LogP contribution >= 0.6 is 11.6 Å². The van der Waals surface area contributed by atoms with Crippen LogP contribution in [-0.2, 0) is 17.6 Å². The molecule has 0 bridgehead atoms. The highest BCUT2D eigenvalue weighted by Crippen LogP contribution is 2.32. The number of hydrogen-bond acceptors (Lipinski definition) is 2. The summed E-state index contributed by atoms with van der Waals surface area (Å²) in [6, 6.07) is 3.72. The molecule has 0 unspecified atom stereocenters. The summed E-state index contributed by atoms with van der Waals surface area (Å²) in [6.45, 7) is 3.66. The molecule has 1 N–H and O–H groups in total. The minimum Gasteiger partial charge on any atom is -0.459 e. The number of aryl methyl sites for hydroxylation is 2. The molecule has 0 radical (unpaired) electrons. The van der Waals surface area contributed by atoms with Gasteiger partial charge in [0.1, 0.15) is 0 Å². The number of hydrogen-bond donors (Lipinski definition) is 1. The van der Waals surface area contributed by atoms with Gasteiger partial charge < -0.3 is 9.72 Å². The molecule has 0 fully saturated rings. The summed E-state index contributed by atoms with van der Waals surface area (Å²) >= 11 is 6.27. The van der Waals surface area contributed by atoms with Crippen LogP contribution in [0.25, 0.3) is 10.9 Å². The van der Waals surface area contributed by atoms with E-state index in [1.807, 2.05) is 26.0 Å². The van der Waals surface area contributed by atoms with Crippen molar-refractivity contribution in [1.29, 1.82) is 0 Å². The fraction of sp³-hybridized carbons (Fsp3) is 0.438. The molecular formula is C16H18ClNO2. The molecule has 0 saturated carbocycles. The average molecular weight is 292 g/mol. The predicted molar refractivity (Wildman–Crippen MR) is 80.5 cm³/mol. The maximum Gasteiger partial charge on any atom is 0.339 e. The Hall–Kier alpha value is -1.48. The molecule has 0 amide bonds. The van der Waals surface area contributed by atoms with E-state index in [9.17, 15) is 4.79 Å². The van der Waals surface area contributed by atoms with Gasteiger partial charge in [-0.05, 0) is 57.2 Å². The van der Waals surface area contributed by atoms with Crippen molar-refractivity contribution in [2.45, 2.75) is 45.6 Å². The summed E-state index contributed by atoms with van der Waals surface area (Å²) in [5.41, 5.74) is 4.07. The number of aromatic amines is 1. The van der Waals surface area contributed by atoms with Crippen LogP contribution in [-0.4, -0.2) is 17.1 Å². The largest absolute Gasteiger partial charge is 0.459 e. The lowest BCUT2D eigenvalue weighted by Gasteiger charge is -2.11. The van der Waals surface area contributed by atoms with Crippen LogP contribution in [0.5, 0.6) is 0 Å². The third-order valence-corrected chi connectivity index (χ3v) is 4.06. The van der Waals surface area contributed by atoms with E-state index in [-0.39, 0.29) is 12.1 Å². The second-order valence-electron chi connectivity index (χ2n) is 5.62. The van der Waals surface area contributed by atoms with E-state index in [1.54, 1.807) is 0 Å². The van der Waals surface area contributed by atoms with E-state index < -0.39 is 0 Å². The van der Waals surface area contributed by atoms with Gasteiger partial charge >= 0.3 is 5.97 Å². The molecule has 2 aromatic rings. The molecule has 1 aliphatic rings. The lowest BCUT2D eigenvalue weighted by molar-refractivity contribution is 0.0378. The molecule has 0 atom stereocenters. The van der Waals surface area contributed by atoms with Gasteiger partial charge in [-0.3, -0.25) is 0 Å². The van der Waals surface area contributed by atoms with Crippen molar-refractivity contribution in [3.63, 3.8) is 0 Å². The van der Waals surface area contributed by atoms with Gasteiger partial charge in [0, 0.05) is 16.6 Å². The smallest absolute Gasteiger partial charge is 0.339 e. The summed E-state index contributed by atoms with van der Waals surface area (Å²) < 4.78 is 5.23. The fourth-order valence-corrected chi connectivity index (χ4v) is 3.10. The topological polar surface area (TPSA) is 42.1 Å². The Bertz CT molecular complexity index is 673. The summed E-state index contributed by atoms with van der Waals surface area (Å²) in [4.78, 5) is 15.5. The van der Waals surface area contributed by atoms with E-state index >= 15 is 0 Å². The van der Waals surface area contributed by atoms with Gasteiger partial charge in [-0.1, -0.05) is 11.6 Å². The second kappa shape index (κ2) is 5.13. The van der Waals surface area contributed by atoms with Crippen LogP contribution in [0.2, 0.25) is 5.02 Å². The zero-order valence-electron chi connectivity index (χ0n) is 11.8. The lowest BCUT2D eigenvalue weighted by atomic mass is 9.95. The summed E-state index contributed by atoms with van der Waals surface area (Å²) in [5, 5.41) is 1.61. The standard InChI is InChI=1S/C16H18ClNO2/c1-9(2)20-16(19)12-8-15-11(7-13(12)17)10-5-3-4-6-14(10)18-15/h7-9,18H,3-6H2,1-2H3. The number of fused-ring (bicyclic) bond motifs is 3. The number of halogens is 1. The lowest BCUT2D eigenvalue weighted by Crippen LogP contribution is -2.12. The molecule has 106 valence electrons. The molecule has 4 heteroatoms. The van der Waals surface area contributed by atoms with Crippen molar-refractivity contribution >= 4 is 28.5 Å². The highest BCUT2D eigenvalue weighted by molar-refractivity contribution is 6.34. The number of benzene rings is 1. The molecule has 3 rings (SSSR count). The number of H-pyrrole nitrogens is 1. The van der Waals surface area contributed by atoms with Gasteiger partial charge in [0.15, 0.2) is 0 Å². The van der Waals surface area contributed by atoms with Crippen molar-refractivity contribution in [2.24, 2.45) is 0 Å². The Morgan fingerprint density at radius 2 is 2.05 bits per heavy atom. The van der Waals surface area contributed by atoms with Crippen molar-refractivity contribution in [1.82, 2.24) is 4.98 Å². The maximum absolute atomic E-state index is 12.0. The Labute approximate surface area is 123 Å². The van der Waals surface area contributed by atoms with E-state index in [4.69, 9.17) is 16.3 Å². The van der Waals surface area contributed by atoms with E-state index in [2.05, 4.69) is 4.98 Å². The van der Waals surface area contributed by atoms with Crippen molar-refractivity contribution in [3.8, 4) is 0 Å². The first-order chi connectivity index (χ1) is 9.56. The van der Waals surface area contributed by atoms with Gasteiger partial charge in [-0.15, -0.1) is 0 Å². The summed E-state index contributed by atoms with van der Waals surface area (Å²) in [5.74, 6) is -0.362. The number of esters is 1. The zero-order chi connectivity index (χ0) is 14.3. The van der Waals surface area contributed by atoms with Crippen molar-refractivity contribution in [3.05, 3.63) is 34.0 Å². The molecule has 1 heterocycles. The fourth-order valence-electron chi connectivity index (χ4n) is 2.86. The van der Waals surface area contributed by atoms with E-state index in [0.717, 1.165) is 23.7 Å². The molecule has 1 aromatic carbocycles. The Kier molecular flexibility index (Phi) is 3.47. The van der Waals surface area contributed by atoms with Crippen LogP contribution in [0.15, 0.2) is 12.1 Å². The van der Waals surface area contributed by atoms with Crippen LogP contribution in [0, 0.1) is 0 Å². The first-order valence-corrected chi connectivity index (χ1v) is 7.48. The third-order valence-electron chi connectivity index (χ3n) is 3.75. The van der Waals surface area contributed by atoms with E-state index in [0.29, 0.717) is 10.6 Å². The maximum atomic E-state index is 12.0. The molecule has 0 spiro atoms. The van der Waals surface area contributed by atoms with Crippen molar-refractivity contribution in [2.75, 3.05) is 0 Å². The van der Waals surface area contributed by atoms with Gasteiger partial charge in [-0.2, -0.15) is 0 Å². The minimum atomic E-state index is -0.362. The van der Waals surface area contributed by atoms with E-state index in [1.165, 1.54) is 24.1 Å². The van der Waals surface area contributed by atoms with Gasteiger partial charge in [-0.25, -0.2) is 4.79 Å². The molecule has 0 saturated heterocycles. The summed E-state index contributed by atoms with van der Waals surface area (Å²) in [6.07, 6.45) is 4.45. The minimum absolute atomic E-state index is 0.147. The quantitative estimate of drug-likeness (QED) is 0.840. The Morgan fingerprint density at radius 3 is 2.80 bits per heavy atom. The number of nitrogens with one attached hydrogen (secondary N) is 1. The van der Waals surface area contributed by atoms with Crippen LogP contribution in [0.4, 0.5) is 0 Å². The monoisotopic (exact) mass is 291 g/mol. The molecular weight excluding hydrogens is 274 g/mol. The summed E-state index contributed by atoms with van der Waals surface area (Å²) in [7, 11) is 0. The Balaban J connectivity index is 2.08. The van der Waals surface area contributed by atoms with Crippen molar-refractivity contribution < 1.29 is 9.53 Å². The molecule has 1 aliphatic carbocycles. The molecule has 20 heavy (non-hydrogen) atoms. The number of carbonyl (C=O) groups excluding carboxylic acids is 1. The highest BCUT2D eigenvalue weighted by atomic mass is 35.5. The molecule has 0 aliphatic heterocycles. The first kappa shape index (κ1) is 13.5. The van der Waals surface area contributed by atoms with Gasteiger partial charge in [0.05, 0.1) is 16.7 Å². The highest BCUT2D eigenvalue weighted by Gasteiger charge is 2.20. The molecule has 1 aromatic heterocycles. The average Bonchev–Trinajstić information content (AvgIpc) is 2.74. The second-order valence-corrected chi connectivity index (χ2v) is 6.03.